The van der Waals surface area contributed by atoms with Gasteiger partial charge in [-0.25, -0.2) is 0 Å². The lowest BCUT2D eigenvalue weighted by Gasteiger charge is -2.23. The molecule has 0 amide bonds. The molecule has 1 aliphatic heterocycles. The van der Waals surface area contributed by atoms with E-state index < -0.39 is 0 Å². The van der Waals surface area contributed by atoms with Crippen LogP contribution in [0.25, 0.3) is 0 Å². The highest BCUT2D eigenvalue weighted by Crippen LogP contribution is 2.25. The highest BCUT2D eigenvalue weighted by atomic mass is 14.9. The molecule has 1 saturated heterocycles. The van der Waals surface area contributed by atoms with Crippen molar-refractivity contribution in [3.05, 3.63) is 0 Å². The SMILES string of the molecule is CC(C)(CN)CCC1CCNC1. The molecule has 1 atom stereocenters. The van der Waals surface area contributed by atoms with Crippen LogP contribution in [0, 0.1) is 11.3 Å². The van der Waals surface area contributed by atoms with Gasteiger partial charge in [-0.15, -0.1) is 0 Å². The molecular weight excluding hydrogens is 148 g/mol. The van der Waals surface area contributed by atoms with Gasteiger partial charge in [0.15, 0.2) is 0 Å². The molecule has 2 nitrogen and oxygen atoms in total. The Kier molecular flexibility index (Phi) is 3.53. The van der Waals surface area contributed by atoms with Crippen molar-refractivity contribution in [3.63, 3.8) is 0 Å². The Bertz CT molecular complexity index is 126. The number of nitrogens with one attached hydrogen (secondary N) is 1. The number of hydrogen-bond acceptors (Lipinski definition) is 2. The van der Waals surface area contributed by atoms with Crippen LogP contribution in [0.3, 0.4) is 0 Å². The Morgan fingerprint density at radius 2 is 2.25 bits per heavy atom. The van der Waals surface area contributed by atoms with Crippen LogP contribution >= 0.6 is 0 Å². The van der Waals surface area contributed by atoms with Crippen LogP contribution in [-0.4, -0.2) is 19.6 Å². The molecular formula is C10H22N2. The van der Waals surface area contributed by atoms with Crippen LogP contribution < -0.4 is 11.1 Å². The van der Waals surface area contributed by atoms with Crippen molar-refractivity contribution in [3.8, 4) is 0 Å². The Morgan fingerprint density at radius 3 is 2.75 bits per heavy atom. The Morgan fingerprint density at radius 1 is 1.50 bits per heavy atom. The molecule has 1 aliphatic rings. The van der Waals surface area contributed by atoms with Crippen molar-refractivity contribution in [2.45, 2.75) is 33.1 Å². The molecule has 0 radical (unpaired) electrons. The zero-order chi connectivity index (χ0) is 9.03. The third-order valence-corrected chi connectivity index (χ3v) is 2.94. The van der Waals surface area contributed by atoms with Gasteiger partial charge in [-0.2, -0.15) is 0 Å². The van der Waals surface area contributed by atoms with E-state index in [4.69, 9.17) is 5.73 Å². The molecule has 0 saturated carbocycles. The van der Waals surface area contributed by atoms with E-state index in [1.807, 2.05) is 0 Å². The van der Waals surface area contributed by atoms with Gasteiger partial charge >= 0.3 is 0 Å². The van der Waals surface area contributed by atoms with E-state index in [1.165, 1.54) is 32.4 Å². The summed E-state index contributed by atoms with van der Waals surface area (Å²) in [7, 11) is 0. The topological polar surface area (TPSA) is 38.0 Å². The summed E-state index contributed by atoms with van der Waals surface area (Å²) in [6, 6.07) is 0. The molecule has 1 heterocycles. The highest BCUT2D eigenvalue weighted by molar-refractivity contribution is 4.76. The van der Waals surface area contributed by atoms with E-state index in [9.17, 15) is 0 Å². The zero-order valence-electron chi connectivity index (χ0n) is 8.40. The third-order valence-electron chi connectivity index (χ3n) is 2.94. The maximum atomic E-state index is 5.68. The fourth-order valence-corrected chi connectivity index (χ4v) is 1.66. The first kappa shape index (κ1) is 10.0. The Labute approximate surface area is 75.9 Å². The Hall–Kier alpha value is -0.0800. The van der Waals surface area contributed by atoms with Crippen LogP contribution in [0.2, 0.25) is 0 Å². The van der Waals surface area contributed by atoms with Gasteiger partial charge in [0.2, 0.25) is 0 Å². The molecule has 0 spiro atoms. The summed E-state index contributed by atoms with van der Waals surface area (Å²) in [5, 5.41) is 3.40. The molecule has 0 aromatic carbocycles. The second-order valence-electron chi connectivity index (χ2n) is 4.77. The lowest BCUT2D eigenvalue weighted by atomic mass is 9.84. The smallest absolute Gasteiger partial charge is 0.00200 e. The number of rotatable bonds is 4. The monoisotopic (exact) mass is 170 g/mol. The first-order chi connectivity index (χ1) is 5.64. The minimum Gasteiger partial charge on any atom is -0.330 e. The van der Waals surface area contributed by atoms with Gasteiger partial charge in [0.1, 0.15) is 0 Å². The van der Waals surface area contributed by atoms with E-state index in [1.54, 1.807) is 0 Å². The summed E-state index contributed by atoms with van der Waals surface area (Å²) in [6.45, 7) is 7.77. The zero-order valence-corrected chi connectivity index (χ0v) is 8.40. The molecule has 1 rings (SSSR count). The second-order valence-corrected chi connectivity index (χ2v) is 4.77. The molecule has 0 aromatic rings. The van der Waals surface area contributed by atoms with Crippen LogP contribution in [-0.2, 0) is 0 Å². The molecule has 12 heavy (non-hydrogen) atoms. The van der Waals surface area contributed by atoms with Gasteiger partial charge in [-0.05, 0) is 50.2 Å². The van der Waals surface area contributed by atoms with Gasteiger partial charge in [-0.3, -0.25) is 0 Å². The molecule has 3 N–H and O–H groups in total. The largest absolute Gasteiger partial charge is 0.330 e. The maximum Gasteiger partial charge on any atom is -0.00200 e. The molecule has 0 bridgehead atoms. The van der Waals surface area contributed by atoms with Crippen LogP contribution in [0.5, 0.6) is 0 Å². The first-order valence-corrected chi connectivity index (χ1v) is 5.05. The summed E-state index contributed by atoms with van der Waals surface area (Å²) in [4.78, 5) is 0. The van der Waals surface area contributed by atoms with Gasteiger partial charge in [-0.1, -0.05) is 13.8 Å². The van der Waals surface area contributed by atoms with E-state index in [0.29, 0.717) is 5.41 Å². The minimum atomic E-state index is 0.350. The van der Waals surface area contributed by atoms with Crippen molar-refractivity contribution in [1.29, 1.82) is 0 Å². The first-order valence-electron chi connectivity index (χ1n) is 5.05. The molecule has 2 heteroatoms. The molecule has 0 aromatic heterocycles. The fourth-order valence-electron chi connectivity index (χ4n) is 1.66. The normalized spacial score (nSPS) is 24.8. The lowest BCUT2D eigenvalue weighted by molar-refractivity contribution is 0.308. The Balaban J connectivity index is 2.15. The average molecular weight is 170 g/mol. The maximum absolute atomic E-state index is 5.68. The van der Waals surface area contributed by atoms with Crippen molar-refractivity contribution in [1.82, 2.24) is 5.32 Å². The third kappa shape index (κ3) is 3.11. The van der Waals surface area contributed by atoms with Crippen LogP contribution in [0.4, 0.5) is 0 Å². The molecule has 0 aliphatic carbocycles. The van der Waals surface area contributed by atoms with Crippen LogP contribution in [0.15, 0.2) is 0 Å². The number of hydrogen-bond donors (Lipinski definition) is 2. The fraction of sp³-hybridized carbons (Fsp3) is 1.00. The van der Waals surface area contributed by atoms with Gasteiger partial charge in [0, 0.05) is 0 Å². The second kappa shape index (κ2) is 4.24. The summed E-state index contributed by atoms with van der Waals surface area (Å²) in [5.74, 6) is 0.913. The lowest BCUT2D eigenvalue weighted by Crippen LogP contribution is -2.24. The predicted molar refractivity (Wildman–Crippen MR) is 53.0 cm³/mol. The summed E-state index contributed by atoms with van der Waals surface area (Å²) in [6.07, 6.45) is 3.98. The predicted octanol–water partition coefficient (Wildman–Crippen LogP) is 1.36. The van der Waals surface area contributed by atoms with E-state index in [2.05, 4.69) is 19.2 Å². The average Bonchev–Trinajstić information content (AvgIpc) is 2.53. The molecule has 72 valence electrons. The van der Waals surface area contributed by atoms with Gasteiger partial charge in [0.05, 0.1) is 0 Å². The van der Waals surface area contributed by atoms with Gasteiger partial charge in [0.25, 0.3) is 0 Å². The van der Waals surface area contributed by atoms with E-state index >= 15 is 0 Å². The van der Waals surface area contributed by atoms with Crippen molar-refractivity contribution in [2.24, 2.45) is 17.1 Å². The highest BCUT2D eigenvalue weighted by Gasteiger charge is 2.20. The summed E-state index contributed by atoms with van der Waals surface area (Å²) < 4.78 is 0. The van der Waals surface area contributed by atoms with Crippen molar-refractivity contribution >= 4 is 0 Å². The van der Waals surface area contributed by atoms with E-state index in [-0.39, 0.29) is 0 Å². The van der Waals surface area contributed by atoms with Gasteiger partial charge < -0.3 is 11.1 Å². The van der Waals surface area contributed by atoms with E-state index in [0.717, 1.165) is 12.5 Å². The van der Waals surface area contributed by atoms with Crippen molar-refractivity contribution < 1.29 is 0 Å². The number of nitrogens with two attached hydrogens (primary N) is 1. The summed E-state index contributed by atoms with van der Waals surface area (Å²) >= 11 is 0. The van der Waals surface area contributed by atoms with Crippen LogP contribution in [0.1, 0.15) is 33.1 Å². The van der Waals surface area contributed by atoms with Crippen molar-refractivity contribution in [2.75, 3.05) is 19.6 Å². The standard InChI is InChI=1S/C10H22N2/c1-10(2,8-11)5-3-9-4-6-12-7-9/h9,12H,3-8,11H2,1-2H3. The summed E-state index contributed by atoms with van der Waals surface area (Å²) in [5.41, 5.74) is 6.03. The minimum absolute atomic E-state index is 0.350. The molecule has 1 unspecified atom stereocenters. The molecule has 1 fully saturated rings. The quantitative estimate of drug-likeness (QED) is 0.668.